The molecule has 20 heavy (non-hydrogen) atoms. The summed E-state index contributed by atoms with van der Waals surface area (Å²) in [6.07, 6.45) is 0. The molecule has 0 fully saturated rings. The zero-order chi connectivity index (χ0) is 13.9. The third-order valence-corrected chi connectivity index (χ3v) is 5.58. The van der Waals surface area contributed by atoms with Gasteiger partial charge in [0.15, 0.2) is 0 Å². The Balaban J connectivity index is 0.00000200. The topological polar surface area (TPSA) is 82.4 Å². The number of hydrogen-bond acceptors (Lipinski definition) is 4. The van der Waals surface area contributed by atoms with Crippen molar-refractivity contribution in [3.63, 3.8) is 0 Å². The van der Waals surface area contributed by atoms with E-state index < -0.39 is 20.0 Å². The maximum absolute atomic E-state index is 11.9. The molecule has 0 bridgehead atoms. The van der Waals surface area contributed by atoms with Gasteiger partial charge in [-0.3, -0.25) is 0 Å². The fourth-order valence-corrected chi connectivity index (χ4v) is 4.12. The molecular weight excluding hydrogens is 325 g/mol. The van der Waals surface area contributed by atoms with Crippen LogP contribution in [0.15, 0.2) is 70.5 Å². The van der Waals surface area contributed by atoms with E-state index in [1.165, 1.54) is 48.5 Å². The van der Waals surface area contributed by atoms with Crippen molar-refractivity contribution in [3.05, 3.63) is 64.8 Å². The van der Waals surface area contributed by atoms with Gasteiger partial charge in [-0.25, -0.2) is 16.8 Å². The Morgan fingerprint density at radius 2 is 0.900 bits per heavy atom. The SMILES string of the molecule is O=S(=O)([N-]S(=O)(=O)c1ccccc1)c1ccccc1.[K+]. The van der Waals surface area contributed by atoms with Crippen LogP contribution in [0.2, 0.25) is 0 Å². The normalized spacial score (nSPS) is 11.6. The van der Waals surface area contributed by atoms with Crippen LogP contribution < -0.4 is 51.4 Å². The summed E-state index contributed by atoms with van der Waals surface area (Å²) < 4.78 is 50.5. The quantitative estimate of drug-likeness (QED) is 0.681. The molecule has 100 valence electrons. The van der Waals surface area contributed by atoms with Crippen molar-refractivity contribution in [2.75, 3.05) is 0 Å². The van der Waals surface area contributed by atoms with Crippen LogP contribution in [-0.4, -0.2) is 16.8 Å². The molecule has 0 saturated carbocycles. The van der Waals surface area contributed by atoms with Gasteiger partial charge in [0.2, 0.25) is 0 Å². The average molecular weight is 335 g/mol. The third kappa shape index (κ3) is 4.47. The van der Waals surface area contributed by atoms with E-state index in [0.717, 1.165) is 0 Å². The fraction of sp³-hybridized carbons (Fsp3) is 0. The van der Waals surface area contributed by atoms with Crippen molar-refractivity contribution in [2.24, 2.45) is 0 Å². The first kappa shape index (κ1) is 18.0. The van der Waals surface area contributed by atoms with Crippen molar-refractivity contribution in [3.8, 4) is 0 Å². The minimum Gasteiger partial charge on any atom is -0.428 e. The number of sulfonamides is 2. The van der Waals surface area contributed by atoms with E-state index in [1.54, 1.807) is 12.1 Å². The van der Waals surface area contributed by atoms with Gasteiger partial charge in [-0.1, -0.05) is 36.4 Å². The second-order valence-corrected chi connectivity index (χ2v) is 7.09. The van der Waals surface area contributed by atoms with Gasteiger partial charge in [0.25, 0.3) is 0 Å². The van der Waals surface area contributed by atoms with E-state index in [0.29, 0.717) is 0 Å². The fourth-order valence-electron chi connectivity index (χ4n) is 1.40. The van der Waals surface area contributed by atoms with E-state index in [-0.39, 0.29) is 61.2 Å². The third-order valence-electron chi connectivity index (χ3n) is 2.28. The summed E-state index contributed by atoms with van der Waals surface area (Å²) in [5.41, 5.74) is 0. The molecule has 0 aliphatic carbocycles. The molecule has 0 unspecified atom stereocenters. The average Bonchev–Trinajstić information content (AvgIpc) is 2.40. The van der Waals surface area contributed by atoms with E-state index >= 15 is 0 Å². The summed E-state index contributed by atoms with van der Waals surface area (Å²) in [6, 6.07) is 14.4. The zero-order valence-electron chi connectivity index (χ0n) is 10.7. The van der Waals surface area contributed by atoms with Crippen molar-refractivity contribution in [1.82, 2.24) is 0 Å². The molecule has 0 atom stereocenters. The van der Waals surface area contributed by atoms with Crippen LogP contribution >= 0.6 is 0 Å². The van der Waals surface area contributed by atoms with Gasteiger partial charge in [-0.15, -0.1) is 0 Å². The first-order valence-corrected chi connectivity index (χ1v) is 8.14. The molecule has 2 aromatic rings. The van der Waals surface area contributed by atoms with Gasteiger partial charge >= 0.3 is 51.4 Å². The second-order valence-electron chi connectivity index (χ2n) is 3.65. The van der Waals surface area contributed by atoms with Gasteiger partial charge < -0.3 is 4.13 Å². The largest absolute Gasteiger partial charge is 1.00 e. The van der Waals surface area contributed by atoms with Crippen molar-refractivity contribution >= 4 is 20.0 Å². The first-order chi connectivity index (χ1) is 8.92. The molecule has 0 aromatic heterocycles. The molecule has 2 aromatic carbocycles. The first-order valence-electron chi connectivity index (χ1n) is 5.26. The number of hydrogen-bond donors (Lipinski definition) is 0. The molecule has 0 aliphatic rings. The van der Waals surface area contributed by atoms with Crippen LogP contribution in [0.4, 0.5) is 0 Å². The molecule has 2 rings (SSSR count). The minimum absolute atomic E-state index is 0. The van der Waals surface area contributed by atoms with Crippen molar-refractivity contribution in [1.29, 1.82) is 0 Å². The molecule has 8 heteroatoms. The maximum atomic E-state index is 11.9. The summed E-state index contributed by atoms with van der Waals surface area (Å²) in [5, 5.41) is 0. The van der Waals surface area contributed by atoms with Crippen molar-refractivity contribution < 1.29 is 68.2 Å². The Bertz CT molecular complexity index is 692. The van der Waals surface area contributed by atoms with Crippen LogP contribution in [0.1, 0.15) is 0 Å². The zero-order valence-corrected chi connectivity index (χ0v) is 15.4. The maximum Gasteiger partial charge on any atom is 1.00 e. The molecular formula is C12H10KNO4S2. The molecule has 0 amide bonds. The summed E-state index contributed by atoms with van der Waals surface area (Å²) in [6.45, 7) is 0. The molecule has 0 spiro atoms. The van der Waals surface area contributed by atoms with Crippen LogP contribution in [0.5, 0.6) is 0 Å². The Labute approximate surface area is 160 Å². The van der Waals surface area contributed by atoms with E-state index in [2.05, 4.69) is 4.13 Å². The summed E-state index contributed by atoms with van der Waals surface area (Å²) in [7, 11) is -8.46. The van der Waals surface area contributed by atoms with Crippen LogP contribution in [0.25, 0.3) is 4.13 Å². The Hall–Kier alpha value is -0.0636. The van der Waals surface area contributed by atoms with Gasteiger partial charge in [0, 0.05) is 9.79 Å². The predicted octanol–water partition coefficient (Wildman–Crippen LogP) is -0.858. The number of nitrogens with zero attached hydrogens (tertiary/aromatic N) is 1. The van der Waals surface area contributed by atoms with Crippen molar-refractivity contribution in [2.45, 2.75) is 9.79 Å². The standard InChI is InChI=1S/C12H10NO4S2.K/c14-18(15,11-7-3-1-4-8-11)13-19(16,17)12-9-5-2-6-10-12;/h1-10H;/q-1;+1. The molecule has 0 radical (unpaired) electrons. The second kappa shape index (κ2) is 7.28. The number of rotatable bonds is 4. The van der Waals surface area contributed by atoms with Crippen LogP contribution in [0, 0.1) is 0 Å². The Kier molecular flexibility index (Phi) is 6.54. The molecule has 0 aliphatic heterocycles. The summed E-state index contributed by atoms with van der Waals surface area (Å²) >= 11 is 0. The molecule has 0 N–H and O–H groups in total. The molecule has 5 nitrogen and oxygen atoms in total. The predicted molar refractivity (Wildman–Crippen MR) is 70.6 cm³/mol. The van der Waals surface area contributed by atoms with Crippen LogP contribution in [-0.2, 0) is 20.0 Å². The molecule has 0 heterocycles. The molecule has 0 saturated heterocycles. The summed E-state index contributed by atoms with van der Waals surface area (Å²) in [4.78, 5) is -0.316. The van der Waals surface area contributed by atoms with Gasteiger partial charge in [0.05, 0.1) is 0 Å². The van der Waals surface area contributed by atoms with Gasteiger partial charge in [-0.2, -0.15) is 0 Å². The van der Waals surface area contributed by atoms with E-state index in [9.17, 15) is 16.8 Å². The van der Waals surface area contributed by atoms with Gasteiger partial charge in [0.1, 0.15) is 20.0 Å². The Morgan fingerprint density at radius 3 is 1.20 bits per heavy atom. The van der Waals surface area contributed by atoms with E-state index in [1.807, 2.05) is 0 Å². The van der Waals surface area contributed by atoms with Gasteiger partial charge in [-0.05, 0) is 24.3 Å². The monoisotopic (exact) mass is 335 g/mol. The van der Waals surface area contributed by atoms with E-state index in [4.69, 9.17) is 0 Å². The summed E-state index contributed by atoms with van der Waals surface area (Å²) in [5.74, 6) is 0. The Morgan fingerprint density at radius 1 is 0.600 bits per heavy atom. The van der Waals surface area contributed by atoms with Crippen LogP contribution in [0.3, 0.4) is 0 Å². The minimum atomic E-state index is -4.23. The smallest absolute Gasteiger partial charge is 0.428 e. The number of benzene rings is 2.